The average molecular weight is 1330 g/mol. The van der Waals surface area contributed by atoms with Crippen LogP contribution in [0.3, 0.4) is 0 Å². The molecule has 0 aromatic carbocycles. The standard InChI is InChI=1S/C71H138O17P2/c1-9-63(7)49-41-33-25-17-15-13-11-12-14-16-18-28-37-45-53-70(75)87-66(57-81-68(73)51-43-35-27-20-19-26-34-42-50-64(8)10-2)59-85-89(77,78)83-55-65(72)56-84-90(79,80)86-60-67(88-71(76)54-46-38-30-22-24-32-40-48-62(5)6)58-82-69(74)52-44-36-29-21-23-31-39-47-61(3)4/h61-67,72H,9-60H2,1-8H3,(H,77,78)(H,79,80)/t63?,64?,65?,66-,67-/m1/s1. The minimum atomic E-state index is -4.95. The van der Waals surface area contributed by atoms with E-state index in [9.17, 15) is 43.2 Å². The van der Waals surface area contributed by atoms with Crippen LogP contribution in [-0.4, -0.2) is 96.7 Å². The van der Waals surface area contributed by atoms with Gasteiger partial charge in [0.25, 0.3) is 0 Å². The zero-order valence-corrected chi connectivity index (χ0v) is 60.6. The summed E-state index contributed by atoms with van der Waals surface area (Å²) in [6.45, 7) is 14.1. The summed E-state index contributed by atoms with van der Waals surface area (Å²) in [7, 11) is -9.90. The number of phosphoric ester groups is 2. The van der Waals surface area contributed by atoms with Crippen LogP contribution in [-0.2, 0) is 65.4 Å². The molecule has 0 aromatic rings. The van der Waals surface area contributed by atoms with Crippen molar-refractivity contribution in [3.05, 3.63) is 0 Å². The third kappa shape index (κ3) is 62.2. The van der Waals surface area contributed by atoms with Crippen molar-refractivity contribution in [2.75, 3.05) is 39.6 Å². The molecule has 3 N–H and O–H groups in total. The van der Waals surface area contributed by atoms with Crippen LogP contribution in [0.4, 0.5) is 0 Å². The van der Waals surface area contributed by atoms with Crippen molar-refractivity contribution >= 4 is 39.5 Å². The molecule has 0 saturated carbocycles. The summed E-state index contributed by atoms with van der Waals surface area (Å²) in [4.78, 5) is 72.5. The van der Waals surface area contributed by atoms with E-state index < -0.39 is 97.5 Å². The zero-order chi connectivity index (χ0) is 66.8. The first-order valence-electron chi connectivity index (χ1n) is 36.8. The van der Waals surface area contributed by atoms with E-state index in [2.05, 4.69) is 55.4 Å². The quantitative estimate of drug-likeness (QED) is 0.0222. The van der Waals surface area contributed by atoms with E-state index in [0.29, 0.717) is 37.5 Å². The summed E-state index contributed by atoms with van der Waals surface area (Å²) in [5.74, 6) is 0.893. The Balaban J connectivity index is 5.23. The number of aliphatic hydroxyl groups is 1. The molecular formula is C71H138O17P2. The predicted molar refractivity (Wildman–Crippen MR) is 363 cm³/mol. The SMILES string of the molecule is CCC(C)CCCCCCCCCCCCCCCCC(=O)O[C@H](COC(=O)CCCCCCCCCCC(C)CC)COP(=O)(O)OCC(O)COP(=O)(O)OC[C@@H](COC(=O)CCCCCCCCCC(C)C)OC(=O)CCCCCCCCCC(C)C. The van der Waals surface area contributed by atoms with Crippen molar-refractivity contribution < 1.29 is 80.2 Å². The molecule has 0 aromatic heterocycles. The van der Waals surface area contributed by atoms with Crippen LogP contribution in [0.25, 0.3) is 0 Å². The molecule has 90 heavy (non-hydrogen) atoms. The molecule has 7 atom stereocenters. The molecule has 534 valence electrons. The molecule has 0 radical (unpaired) electrons. The molecule has 0 amide bonds. The van der Waals surface area contributed by atoms with Crippen LogP contribution in [0.2, 0.25) is 0 Å². The second kappa shape index (κ2) is 60.7. The van der Waals surface area contributed by atoms with Crippen LogP contribution >= 0.6 is 15.6 Å². The number of carbonyl (C=O) groups is 4. The maximum absolute atomic E-state index is 13.0. The lowest BCUT2D eigenvalue weighted by Gasteiger charge is -2.21. The number of unbranched alkanes of at least 4 members (excludes halogenated alkanes) is 32. The molecule has 0 spiro atoms. The second-order valence-electron chi connectivity index (χ2n) is 27.1. The van der Waals surface area contributed by atoms with Gasteiger partial charge in [-0.1, -0.05) is 299 Å². The van der Waals surface area contributed by atoms with E-state index in [-0.39, 0.29) is 25.7 Å². The molecule has 0 bridgehead atoms. The third-order valence-electron chi connectivity index (χ3n) is 17.0. The van der Waals surface area contributed by atoms with Gasteiger partial charge in [0.2, 0.25) is 0 Å². The van der Waals surface area contributed by atoms with Gasteiger partial charge < -0.3 is 33.8 Å². The van der Waals surface area contributed by atoms with Gasteiger partial charge in [-0.25, -0.2) is 9.13 Å². The maximum Gasteiger partial charge on any atom is 0.472 e. The molecule has 0 aliphatic heterocycles. The number of rotatable bonds is 68. The normalized spacial score (nSPS) is 14.9. The number of ether oxygens (including phenoxy) is 4. The van der Waals surface area contributed by atoms with Gasteiger partial charge >= 0.3 is 39.5 Å². The van der Waals surface area contributed by atoms with E-state index >= 15 is 0 Å². The van der Waals surface area contributed by atoms with Crippen molar-refractivity contribution in [1.29, 1.82) is 0 Å². The Morgan fingerprint density at radius 2 is 0.533 bits per heavy atom. The average Bonchev–Trinajstić information content (AvgIpc) is 3.05. The molecule has 0 aliphatic carbocycles. The smallest absolute Gasteiger partial charge is 0.462 e. The first kappa shape index (κ1) is 88.1. The molecule has 19 heteroatoms. The molecule has 0 heterocycles. The lowest BCUT2D eigenvalue weighted by Crippen LogP contribution is -2.30. The zero-order valence-electron chi connectivity index (χ0n) is 58.8. The fourth-order valence-electron chi connectivity index (χ4n) is 10.6. The predicted octanol–water partition coefficient (Wildman–Crippen LogP) is 20.1. The van der Waals surface area contributed by atoms with Crippen molar-refractivity contribution in [2.45, 2.75) is 369 Å². The Kier molecular flexibility index (Phi) is 59.4. The molecule has 0 aliphatic rings. The molecule has 0 saturated heterocycles. The highest BCUT2D eigenvalue weighted by molar-refractivity contribution is 7.47. The van der Waals surface area contributed by atoms with Crippen LogP contribution in [0.5, 0.6) is 0 Å². The first-order valence-corrected chi connectivity index (χ1v) is 39.8. The Morgan fingerprint density at radius 1 is 0.311 bits per heavy atom. The maximum atomic E-state index is 13.0. The minimum absolute atomic E-state index is 0.102. The molecule has 5 unspecified atom stereocenters. The number of esters is 4. The van der Waals surface area contributed by atoms with Crippen LogP contribution < -0.4 is 0 Å². The van der Waals surface area contributed by atoms with Crippen LogP contribution in [0.1, 0.15) is 351 Å². The highest BCUT2D eigenvalue weighted by atomic mass is 31.2. The van der Waals surface area contributed by atoms with Crippen LogP contribution in [0, 0.1) is 23.7 Å². The topological polar surface area (TPSA) is 237 Å². The molecule has 17 nitrogen and oxygen atoms in total. The summed E-state index contributed by atoms with van der Waals surface area (Å²) < 4.78 is 68.3. The Labute approximate surface area is 549 Å². The van der Waals surface area contributed by atoms with E-state index in [4.69, 9.17) is 37.0 Å². The van der Waals surface area contributed by atoms with Gasteiger partial charge in [0.1, 0.15) is 19.3 Å². The Morgan fingerprint density at radius 3 is 0.789 bits per heavy atom. The summed E-state index contributed by atoms with van der Waals surface area (Å²) in [5.41, 5.74) is 0. The first-order chi connectivity index (χ1) is 43.2. The van der Waals surface area contributed by atoms with E-state index in [1.807, 2.05) is 0 Å². The van der Waals surface area contributed by atoms with Gasteiger partial charge in [0.15, 0.2) is 12.2 Å². The fourth-order valence-corrected chi connectivity index (χ4v) is 12.2. The van der Waals surface area contributed by atoms with E-state index in [1.54, 1.807) is 0 Å². The fraction of sp³-hybridized carbons (Fsp3) is 0.944. The van der Waals surface area contributed by atoms with Gasteiger partial charge in [-0.05, 0) is 49.4 Å². The Bertz CT molecular complexity index is 1790. The number of hydrogen-bond donors (Lipinski definition) is 3. The number of aliphatic hydroxyl groups excluding tert-OH is 1. The number of hydrogen-bond acceptors (Lipinski definition) is 15. The van der Waals surface area contributed by atoms with Gasteiger partial charge in [0.05, 0.1) is 26.4 Å². The molecule has 0 fully saturated rings. The summed E-state index contributed by atoms with van der Waals surface area (Å²) >= 11 is 0. The molecular weight excluding hydrogens is 1190 g/mol. The number of carbonyl (C=O) groups excluding carboxylic acids is 4. The summed E-state index contributed by atoms with van der Waals surface area (Å²) in [5, 5.41) is 10.6. The molecule has 0 rings (SSSR count). The van der Waals surface area contributed by atoms with Crippen molar-refractivity contribution in [3.8, 4) is 0 Å². The lowest BCUT2D eigenvalue weighted by molar-refractivity contribution is -0.161. The Hall–Kier alpha value is -1.94. The van der Waals surface area contributed by atoms with Crippen molar-refractivity contribution in [3.63, 3.8) is 0 Å². The second-order valence-corrected chi connectivity index (χ2v) is 30.0. The monoisotopic (exact) mass is 1320 g/mol. The summed E-state index contributed by atoms with van der Waals surface area (Å²) in [6.07, 6.45) is 43.2. The van der Waals surface area contributed by atoms with Gasteiger partial charge in [-0.15, -0.1) is 0 Å². The minimum Gasteiger partial charge on any atom is -0.462 e. The van der Waals surface area contributed by atoms with Crippen LogP contribution in [0.15, 0.2) is 0 Å². The largest absolute Gasteiger partial charge is 0.472 e. The number of phosphoric acid groups is 2. The van der Waals surface area contributed by atoms with E-state index in [0.717, 1.165) is 108 Å². The lowest BCUT2D eigenvalue weighted by atomic mass is 9.99. The van der Waals surface area contributed by atoms with Gasteiger partial charge in [-0.2, -0.15) is 0 Å². The van der Waals surface area contributed by atoms with Gasteiger partial charge in [-0.3, -0.25) is 37.3 Å². The van der Waals surface area contributed by atoms with Crippen molar-refractivity contribution in [2.24, 2.45) is 23.7 Å². The highest BCUT2D eigenvalue weighted by Gasteiger charge is 2.30. The van der Waals surface area contributed by atoms with Crippen molar-refractivity contribution in [1.82, 2.24) is 0 Å². The van der Waals surface area contributed by atoms with Gasteiger partial charge in [0, 0.05) is 25.7 Å². The highest BCUT2D eigenvalue weighted by Crippen LogP contribution is 2.45. The van der Waals surface area contributed by atoms with E-state index in [1.165, 1.54) is 148 Å². The third-order valence-corrected chi connectivity index (χ3v) is 18.9. The summed E-state index contributed by atoms with van der Waals surface area (Å²) in [6, 6.07) is 0.